The van der Waals surface area contributed by atoms with Gasteiger partial charge in [0.2, 0.25) is 0 Å². The minimum Gasteiger partial charge on any atom is -0.458 e. The largest absolute Gasteiger partial charge is 0.458 e. The summed E-state index contributed by atoms with van der Waals surface area (Å²) in [5.74, 6) is -0.367. The van der Waals surface area contributed by atoms with Gasteiger partial charge < -0.3 is 4.74 Å². The van der Waals surface area contributed by atoms with Gasteiger partial charge in [0, 0.05) is 34.4 Å². The van der Waals surface area contributed by atoms with Gasteiger partial charge in [0.25, 0.3) is 0 Å². The maximum Gasteiger partial charge on any atom is 0.331 e. The highest BCUT2D eigenvalue weighted by atomic mass is 79.9. The summed E-state index contributed by atoms with van der Waals surface area (Å²) in [6.07, 6.45) is 3.19. The average molecular weight is 349 g/mol. The molecule has 1 heterocycles. The van der Waals surface area contributed by atoms with Crippen molar-refractivity contribution in [2.24, 2.45) is 7.05 Å². The molecule has 0 bridgehead atoms. The van der Waals surface area contributed by atoms with Gasteiger partial charge in [0.05, 0.1) is 5.69 Å². The van der Waals surface area contributed by atoms with Gasteiger partial charge in [0.15, 0.2) is 0 Å². The number of halogens is 1. The molecule has 110 valence electrons. The fraction of sp³-hybridized carbons (Fsp3) is 0.250. The Morgan fingerprint density at radius 3 is 2.71 bits per heavy atom. The van der Waals surface area contributed by atoms with Crippen LogP contribution in [0.5, 0.6) is 0 Å². The molecular formula is C16H17BrN2O2. The lowest BCUT2D eigenvalue weighted by molar-refractivity contribution is -0.138. The average Bonchev–Trinajstić information content (AvgIpc) is 2.69. The van der Waals surface area contributed by atoms with Crippen LogP contribution in [0.15, 0.2) is 34.8 Å². The topological polar surface area (TPSA) is 44.1 Å². The number of rotatable bonds is 4. The molecular weight excluding hydrogens is 332 g/mol. The Morgan fingerprint density at radius 2 is 2.10 bits per heavy atom. The lowest BCUT2D eigenvalue weighted by Gasteiger charge is -2.04. The maximum atomic E-state index is 11.8. The summed E-state index contributed by atoms with van der Waals surface area (Å²) in [7, 11) is 1.88. The van der Waals surface area contributed by atoms with E-state index in [2.05, 4.69) is 21.0 Å². The van der Waals surface area contributed by atoms with Gasteiger partial charge in [-0.3, -0.25) is 4.68 Å². The standard InChI is InChI=1S/C16H17BrN2O2/c1-11-14(12(2)19(3)18-11)8-9-16(20)21-10-13-6-4-5-7-15(13)17/h4-9H,10H2,1-3H3/b9-8+. The Hall–Kier alpha value is -1.88. The van der Waals surface area contributed by atoms with E-state index >= 15 is 0 Å². The third kappa shape index (κ3) is 3.82. The quantitative estimate of drug-likeness (QED) is 0.626. The third-order valence-corrected chi connectivity index (χ3v) is 4.05. The zero-order chi connectivity index (χ0) is 15.4. The van der Waals surface area contributed by atoms with E-state index < -0.39 is 0 Å². The van der Waals surface area contributed by atoms with E-state index in [1.165, 1.54) is 6.08 Å². The van der Waals surface area contributed by atoms with E-state index in [9.17, 15) is 4.79 Å². The lowest BCUT2D eigenvalue weighted by atomic mass is 10.2. The molecule has 0 aliphatic heterocycles. The second-order valence-corrected chi connectivity index (χ2v) is 5.59. The first-order chi connectivity index (χ1) is 9.99. The Kier molecular flexibility index (Phi) is 4.96. The van der Waals surface area contributed by atoms with E-state index in [1.807, 2.05) is 45.2 Å². The van der Waals surface area contributed by atoms with Gasteiger partial charge in [-0.1, -0.05) is 34.1 Å². The molecule has 21 heavy (non-hydrogen) atoms. The van der Waals surface area contributed by atoms with Gasteiger partial charge in [-0.15, -0.1) is 0 Å². The number of aryl methyl sites for hydroxylation is 2. The first-order valence-corrected chi connectivity index (χ1v) is 7.36. The molecule has 1 aromatic heterocycles. The summed E-state index contributed by atoms with van der Waals surface area (Å²) in [5.41, 5.74) is 3.80. The molecule has 0 atom stereocenters. The van der Waals surface area contributed by atoms with E-state index in [0.717, 1.165) is 27.0 Å². The van der Waals surface area contributed by atoms with Crippen molar-refractivity contribution < 1.29 is 9.53 Å². The summed E-state index contributed by atoms with van der Waals surface area (Å²) in [6, 6.07) is 7.66. The van der Waals surface area contributed by atoms with Gasteiger partial charge in [-0.25, -0.2) is 4.79 Å². The predicted molar refractivity (Wildman–Crippen MR) is 85.7 cm³/mol. The maximum absolute atomic E-state index is 11.8. The number of esters is 1. The fourth-order valence-corrected chi connectivity index (χ4v) is 2.39. The van der Waals surface area contributed by atoms with Crippen molar-refractivity contribution in [3.05, 3.63) is 57.3 Å². The fourth-order valence-electron chi connectivity index (χ4n) is 2.00. The number of benzene rings is 1. The molecule has 2 rings (SSSR count). The Bertz CT molecular complexity index is 690. The van der Waals surface area contributed by atoms with Crippen molar-refractivity contribution in [3.8, 4) is 0 Å². The van der Waals surface area contributed by atoms with Crippen LogP contribution in [-0.4, -0.2) is 15.7 Å². The SMILES string of the molecule is Cc1nn(C)c(C)c1/C=C/C(=O)OCc1ccccc1Br. The zero-order valence-corrected chi connectivity index (χ0v) is 13.8. The second-order valence-electron chi connectivity index (χ2n) is 4.74. The lowest BCUT2D eigenvalue weighted by Crippen LogP contribution is -2.01. The number of hydrogen-bond donors (Lipinski definition) is 0. The van der Waals surface area contributed by atoms with E-state index in [1.54, 1.807) is 10.8 Å². The summed E-state index contributed by atoms with van der Waals surface area (Å²) in [6.45, 7) is 4.13. The Balaban J connectivity index is 1.99. The Labute approximate surface area is 132 Å². The van der Waals surface area contributed by atoms with Gasteiger partial charge >= 0.3 is 5.97 Å². The number of nitrogens with zero attached hydrogens (tertiary/aromatic N) is 2. The van der Waals surface area contributed by atoms with Gasteiger partial charge in [-0.2, -0.15) is 5.10 Å². The highest BCUT2D eigenvalue weighted by Gasteiger charge is 2.07. The molecule has 0 unspecified atom stereocenters. The first kappa shape index (κ1) is 15.5. The van der Waals surface area contributed by atoms with Crippen molar-refractivity contribution in [1.29, 1.82) is 0 Å². The predicted octanol–water partition coefficient (Wildman–Crippen LogP) is 3.56. The zero-order valence-electron chi connectivity index (χ0n) is 12.3. The normalized spacial score (nSPS) is 11.0. The smallest absolute Gasteiger partial charge is 0.331 e. The molecule has 4 nitrogen and oxygen atoms in total. The summed E-state index contributed by atoms with van der Waals surface area (Å²) in [4.78, 5) is 11.8. The molecule has 2 aromatic rings. The molecule has 0 saturated carbocycles. The molecule has 0 aliphatic rings. The summed E-state index contributed by atoms with van der Waals surface area (Å²) in [5, 5.41) is 4.30. The third-order valence-electron chi connectivity index (χ3n) is 3.28. The van der Waals surface area contributed by atoms with Gasteiger partial charge in [-0.05, 0) is 26.0 Å². The van der Waals surface area contributed by atoms with Crippen molar-refractivity contribution in [2.45, 2.75) is 20.5 Å². The monoisotopic (exact) mass is 348 g/mol. The molecule has 0 fully saturated rings. The molecule has 0 amide bonds. The molecule has 0 N–H and O–H groups in total. The van der Waals surface area contributed by atoms with Crippen molar-refractivity contribution in [2.75, 3.05) is 0 Å². The van der Waals surface area contributed by atoms with Gasteiger partial charge in [0.1, 0.15) is 6.61 Å². The highest BCUT2D eigenvalue weighted by Crippen LogP contribution is 2.17. The molecule has 1 aromatic carbocycles. The van der Waals surface area contributed by atoms with Crippen molar-refractivity contribution >= 4 is 28.0 Å². The van der Waals surface area contributed by atoms with E-state index in [0.29, 0.717) is 0 Å². The first-order valence-electron chi connectivity index (χ1n) is 6.57. The number of carbonyl (C=O) groups is 1. The number of ether oxygens (including phenoxy) is 1. The summed E-state index contributed by atoms with van der Waals surface area (Å²) >= 11 is 3.42. The number of carbonyl (C=O) groups excluding carboxylic acids is 1. The van der Waals surface area contributed by atoms with Crippen LogP contribution in [0.25, 0.3) is 6.08 Å². The Morgan fingerprint density at radius 1 is 1.38 bits per heavy atom. The van der Waals surface area contributed by atoms with E-state index in [4.69, 9.17) is 4.74 Å². The minimum atomic E-state index is -0.367. The second kappa shape index (κ2) is 6.72. The van der Waals surface area contributed by atoms with Crippen molar-refractivity contribution in [3.63, 3.8) is 0 Å². The molecule has 5 heteroatoms. The number of hydrogen-bond acceptors (Lipinski definition) is 3. The van der Waals surface area contributed by atoms with E-state index in [-0.39, 0.29) is 12.6 Å². The number of aromatic nitrogens is 2. The van der Waals surface area contributed by atoms with Crippen molar-refractivity contribution in [1.82, 2.24) is 9.78 Å². The van der Waals surface area contributed by atoms with Crippen LogP contribution >= 0.6 is 15.9 Å². The summed E-state index contributed by atoms with van der Waals surface area (Å²) < 4.78 is 7.96. The highest BCUT2D eigenvalue weighted by molar-refractivity contribution is 9.10. The van der Waals surface area contributed by atoms with Crippen LogP contribution in [0.3, 0.4) is 0 Å². The molecule has 0 radical (unpaired) electrons. The molecule has 0 aliphatic carbocycles. The van der Waals surface area contributed by atoms with Crippen LogP contribution in [0.2, 0.25) is 0 Å². The van der Waals surface area contributed by atoms with Crippen LogP contribution in [0.1, 0.15) is 22.5 Å². The molecule has 0 spiro atoms. The van der Waals surface area contributed by atoms with Crippen LogP contribution in [-0.2, 0) is 23.2 Å². The van der Waals surface area contributed by atoms with Crippen LogP contribution < -0.4 is 0 Å². The van der Waals surface area contributed by atoms with Crippen LogP contribution in [0, 0.1) is 13.8 Å². The van der Waals surface area contributed by atoms with Crippen LogP contribution in [0.4, 0.5) is 0 Å². The molecule has 0 saturated heterocycles. The minimum absolute atomic E-state index is 0.246.